The Kier molecular flexibility index (Phi) is 7.19. The van der Waals surface area contributed by atoms with Crippen LogP contribution >= 0.6 is 11.8 Å². The number of thioether (sulfide) groups is 1. The Morgan fingerprint density at radius 1 is 0.704 bits per heavy atom. The predicted octanol–water partition coefficient (Wildman–Crippen LogP) is 7.29. The van der Waals surface area contributed by atoms with Crippen LogP contribution in [0.1, 0.15) is 68.2 Å². The van der Waals surface area contributed by atoms with Crippen molar-refractivity contribution >= 4 is 17.5 Å². The van der Waals surface area contributed by atoms with Gasteiger partial charge in [-0.1, -0.05) is 67.2 Å². The first kappa shape index (κ1) is 22.0. The van der Waals surface area contributed by atoms with Crippen molar-refractivity contribution in [3.05, 3.63) is 57.4 Å². The Morgan fingerprint density at radius 2 is 1.15 bits per heavy atom. The summed E-state index contributed by atoms with van der Waals surface area (Å²) in [7, 11) is 0. The average molecular weight is 385 g/mol. The molecule has 1 aliphatic heterocycles. The summed E-state index contributed by atoms with van der Waals surface area (Å²) < 4.78 is 2.50. The lowest BCUT2D eigenvalue weighted by atomic mass is 9.90. The van der Waals surface area contributed by atoms with Gasteiger partial charge in [-0.3, -0.25) is 0 Å². The third-order valence-electron chi connectivity index (χ3n) is 4.82. The molecule has 148 valence electrons. The van der Waals surface area contributed by atoms with Gasteiger partial charge in [-0.15, -0.1) is 0 Å². The highest BCUT2D eigenvalue weighted by Gasteiger charge is 2.28. The number of rotatable bonds is 4. The molecule has 0 radical (unpaired) electrons. The molecular formula is C25H38NS+. The van der Waals surface area contributed by atoms with E-state index in [2.05, 4.69) is 96.4 Å². The highest BCUT2D eigenvalue weighted by atomic mass is 32.2. The molecule has 2 rings (SSSR count). The zero-order chi connectivity index (χ0) is 20.2. The Balaban J connectivity index is 2.46. The van der Waals surface area contributed by atoms with Gasteiger partial charge in [0.2, 0.25) is 0 Å². The fourth-order valence-corrected chi connectivity index (χ4v) is 4.40. The average Bonchev–Trinajstić information content (AvgIpc) is 2.60. The maximum atomic E-state index is 2.50. The number of hydrogen-bond donors (Lipinski definition) is 0. The van der Waals surface area contributed by atoms with Crippen LogP contribution in [0.4, 0.5) is 0 Å². The van der Waals surface area contributed by atoms with Gasteiger partial charge < -0.3 is 0 Å². The molecule has 1 nitrogen and oxygen atoms in total. The molecular weight excluding hydrogens is 346 g/mol. The van der Waals surface area contributed by atoms with Crippen molar-refractivity contribution < 1.29 is 4.58 Å². The lowest BCUT2D eigenvalue weighted by molar-refractivity contribution is -0.526. The molecule has 0 N–H and O–H groups in total. The van der Waals surface area contributed by atoms with Crippen molar-refractivity contribution in [2.45, 2.75) is 68.2 Å². The molecule has 2 heteroatoms. The molecule has 0 amide bonds. The minimum atomic E-state index is 0.166. The Morgan fingerprint density at radius 3 is 1.52 bits per heavy atom. The van der Waals surface area contributed by atoms with E-state index < -0.39 is 0 Å². The van der Waals surface area contributed by atoms with Crippen molar-refractivity contribution in [3.63, 3.8) is 0 Å². The van der Waals surface area contributed by atoms with E-state index in [1.165, 1.54) is 39.5 Å². The third kappa shape index (κ3) is 5.85. The summed E-state index contributed by atoms with van der Waals surface area (Å²) in [4.78, 5) is 2.90. The molecule has 0 bridgehead atoms. The zero-order valence-electron chi connectivity index (χ0n) is 18.6. The second-order valence-corrected chi connectivity index (χ2v) is 10.7. The Bertz CT molecular complexity index is 682. The van der Waals surface area contributed by atoms with Gasteiger partial charge in [-0.25, -0.2) is 4.58 Å². The monoisotopic (exact) mass is 384 g/mol. The van der Waals surface area contributed by atoms with Gasteiger partial charge >= 0.3 is 0 Å². The maximum absolute atomic E-state index is 2.50. The van der Waals surface area contributed by atoms with E-state index in [1.807, 2.05) is 11.8 Å². The van der Waals surface area contributed by atoms with E-state index in [0.717, 1.165) is 13.1 Å². The molecule has 2 aliphatic rings. The van der Waals surface area contributed by atoms with Crippen LogP contribution in [0.15, 0.2) is 57.4 Å². The van der Waals surface area contributed by atoms with Gasteiger partial charge in [0.15, 0.2) is 5.71 Å². The van der Waals surface area contributed by atoms with E-state index in [4.69, 9.17) is 0 Å². The van der Waals surface area contributed by atoms with Crippen LogP contribution < -0.4 is 0 Å². The Labute approximate surface area is 171 Å². The highest BCUT2D eigenvalue weighted by Crippen LogP contribution is 2.49. The lowest BCUT2D eigenvalue weighted by Crippen LogP contribution is -2.21. The molecule has 0 aromatic rings. The Hall–Kier alpha value is -1.28. The lowest BCUT2D eigenvalue weighted by Gasteiger charge is -2.32. The molecule has 0 spiro atoms. The molecule has 1 aliphatic carbocycles. The molecule has 27 heavy (non-hydrogen) atoms. The second kappa shape index (κ2) is 8.82. The second-order valence-electron chi connectivity index (χ2n) is 9.61. The number of nitrogens with zero attached hydrogens (tertiary/aromatic N) is 1. The minimum absolute atomic E-state index is 0.166. The number of hydrogen-bond acceptors (Lipinski definition) is 1. The number of allylic oxidation sites excluding steroid dienone is 10. The largest absolute Gasteiger partial charge is 0.230 e. The van der Waals surface area contributed by atoms with E-state index in [9.17, 15) is 0 Å². The summed E-state index contributed by atoms with van der Waals surface area (Å²) in [5, 5.41) is 0. The quantitative estimate of drug-likeness (QED) is 0.460. The minimum Gasteiger partial charge on any atom is -0.230 e. The molecule has 0 atom stereocenters. The molecule has 0 aromatic carbocycles. The topological polar surface area (TPSA) is 3.01 Å². The van der Waals surface area contributed by atoms with Crippen molar-refractivity contribution in [2.24, 2.45) is 10.8 Å². The molecule has 1 heterocycles. The molecule has 0 unspecified atom stereocenters. The molecule has 0 aromatic heterocycles. The van der Waals surface area contributed by atoms with Crippen LogP contribution in [-0.4, -0.2) is 23.4 Å². The van der Waals surface area contributed by atoms with Crippen LogP contribution in [0.2, 0.25) is 0 Å². The third-order valence-corrected chi connectivity index (χ3v) is 6.72. The summed E-state index contributed by atoms with van der Waals surface area (Å²) in [6.07, 6.45) is 16.3. The molecule has 0 saturated heterocycles. The highest BCUT2D eigenvalue weighted by molar-refractivity contribution is 8.06. The fraction of sp³-hybridized carbons (Fsp3) is 0.560. The molecule has 0 saturated carbocycles. The summed E-state index contributed by atoms with van der Waals surface area (Å²) in [6, 6.07) is 0. The first-order valence-electron chi connectivity index (χ1n) is 10.4. The van der Waals surface area contributed by atoms with Gasteiger partial charge in [0.05, 0.1) is 0 Å². The first-order valence-corrected chi connectivity index (χ1v) is 11.2. The summed E-state index contributed by atoms with van der Waals surface area (Å²) >= 11 is 1.96. The molecule has 0 fully saturated rings. The maximum Gasteiger partial charge on any atom is 0.199 e. The van der Waals surface area contributed by atoms with Crippen LogP contribution in [0.25, 0.3) is 0 Å². The van der Waals surface area contributed by atoms with Crippen LogP contribution in [0.3, 0.4) is 0 Å². The van der Waals surface area contributed by atoms with Crippen LogP contribution in [-0.2, 0) is 0 Å². The van der Waals surface area contributed by atoms with E-state index in [1.54, 1.807) is 0 Å². The van der Waals surface area contributed by atoms with Crippen LogP contribution in [0.5, 0.6) is 0 Å². The van der Waals surface area contributed by atoms with Crippen LogP contribution in [0, 0.1) is 10.8 Å². The smallest absolute Gasteiger partial charge is 0.199 e. The predicted molar refractivity (Wildman–Crippen MR) is 124 cm³/mol. The summed E-state index contributed by atoms with van der Waals surface area (Å²) in [6.45, 7) is 20.6. The standard InChI is InChI=1S/C25H38NS/c1-9-15-26(16-10-2)21-13-11-19(12-14-21)20-17-22(24(3,4)5)27-23(18-20)25(6,7)8/h11-14,17-18H,9-10,15-16H2,1-8H3/q+1. The zero-order valence-corrected chi connectivity index (χ0v) is 19.5. The van der Waals surface area contributed by atoms with Crippen molar-refractivity contribution in [2.75, 3.05) is 13.1 Å². The van der Waals surface area contributed by atoms with E-state index in [-0.39, 0.29) is 10.8 Å². The van der Waals surface area contributed by atoms with Gasteiger partial charge in [-0.2, -0.15) is 0 Å². The van der Waals surface area contributed by atoms with Crippen molar-refractivity contribution in [1.29, 1.82) is 0 Å². The van der Waals surface area contributed by atoms with Gasteiger partial charge in [0.1, 0.15) is 13.1 Å². The van der Waals surface area contributed by atoms with Gasteiger partial charge in [0, 0.05) is 25.0 Å². The van der Waals surface area contributed by atoms with Gasteiger partial charge in [0.25, 0.3) is 0 Å². The SMILES string of the molecule is CCC[N+](CCC)=C1C=CC(=C2C=C(C(C)(C)C)SC(C(C)(C)C)=C2)C=C1. The van der Waals surface area contributed by atoms with E-state index in [0.29, 0.717) is 0 Å². The van der Waals surface area contributed by atoms with Crippen molar-refractivity contribution in [1.82, 2.24) is 0 Å². The summed E-state index contributed by atoms with van der Waals surface area (Å²) in [5.74, 6) is 0. The normalized spacial score (nSPS) is 18.0. The fourth-order valence-electron chi connectivity index (χ4n) is 3.18. The van der Waals surface area contributed by atoms with Crippen molar-refractivity contribution in [3.8, 4) is 0 Å². The van der Waals surface area contributed by atoms with Gasteiger partial charge in [-0.05, 0) is 56.1 Å². The summed E-state index contributed by atoms with van der Waals surface area (Å²) in [5.41, 5.74) is 4.33. The van der Waals surface area contributed by atoms with E-state index >= 15 is 0 Å². The first-order chi connectivity index (χ1) is 12.6.